The lowest BCUT2D eigenvalue weighted by Gasteiger charge is -2.09. The fourth-order valence-corrected chi connectivity index (χ4v) is 8.82. The third kappa shape index (κ3) is 4.28. The van der Waals surface area contributed by atoms with Crippen LogP contribution in [-0.2, 0) is 0 Å². The van der Waals surface area contributed by atoms with Crippen LogP contribution in [0.25, 0.3) is 97.1 Å². The van der Waals surface area contributed by atoms with E-state index in [-0.39, 0.29) is 0 Å². The van der Waals surface area contributed by atoms with Crippen LogP contribution >= 0.6 is 22.7 Å². The second-order valence-corrected chi connectivity index (χ2v) is 13.5. The maximum atomic E-state index is 6.22. The Kier molecular flexibility index (Phi) is 5.85. The van der Waals surface area contributed by atoms with E-state index in [0.29, 0.717) is 23.4 Å². The van der Waals surface area contributed by atoms with Gasteiger partial charge < -0.3 is 4.42 Å². The highest BCUT2D eigenvalue weighted by Gasteiger charge is 2.20. The fourth-order valence-electron chi connectivity index (χ4n) is 6.36. The molecule has 0 saturated carbocycles. The summed E-state index contributed by atoms with van der Waals surface area (Å²) in [5, 5.41) is 4.82. The van der Waals surface area contributed by atoms with Crippen molar-refractivity contribution in [2.45, 2.75) is 0 Å². The molecule has 0 unspecified atom stereocenters. The maximum absolute atomic E-state index is 6.22. The predicted molar refractivity (Wildman–Crippen MR) is 195 cm³/mol. The molecule has 5 nitrogen and oxygen atoms in total. The van der Waals surface area contributed by atoms with E-state index in [1.54, 1.807) is 22.7 Å². The molecule has 0 atom stereocenters. The van der Waals surface area contributed by atoms with Crippen LogP contribution in [0, 0.1) is 0 Å². The standard InChI is InChI=1S/C40H22N4OS2/c1-2-10-23(11-3-1)37-42-38(24-20-21-26-25-12-4-7-19-33(25)46-34(26)22-24)44-39(43-37)29-15-8-13-27-28-14-9-16-30(36(28)47-35(27)29)40-41-31-17-5-6-18-32(31)45-40/h1-22H. The first-order valence-corrected chi connectivity index (χ1v) is 16.9. The van der Waals surface area contributed by atoms with Crippen LogP contribution in [-0.4, -0.2) is 19.9 Å². The minimum Gasteiger partial charge on any atom is -0.436 e. The Bertz CT molecular complexity index is 2780. The van der Waals surface area contributed by atoms with Gasteiger partial charge in [0.05, 0.1) is 5.56 Å². The van der Waals surface area contributed by atoms with Gasteiger partial charge in [-0.15, -0.1) is 22.7 Å². The molecule has 10 aromatic rings. The highest BCUT2D eigenvalue weighted by atomic mass is 32.1. The van der Waals surface area contributed by atoms with Crippen molar-refractivity contribution in [1.82, 2.24) is 19.9 Å². The van der Waals surface area contributed by atoms with Crippen LogP contribution < -0.4 is 0 Å². The van der Waals surface area contributed by atoms with Gasteiger partial charge in [0.25, 0.3) is 0 Å². The van der Waals surface area contributed by atoms with E-state index in [2.05, 4.69) is 78.9 Å². The zero-order valence-electron chi connectivity index (χ0n) is 24.7. The molecule has 0 aliphatic heterocycles. The van der Waals surface area contributed by atoms with Gasteiger partial charge in [-0.1, -0.05) is 97.1 Å². The smallest absolute Gasteiger partial charge is 0.228 e. The van der Waals surface area contributed by atoms with Crippen LogP contribution in [0.5, 0.6) is 0 Å². The van der Waals surface area contributed by atoms with Gasteiger partial charge in [-0.2, -0.15) is 0 Å². The van der Waals surface area contributed by atoms with Crippen LogP contribution in [0.3, 0.4) is 0 Å². The minimum atomic E-state index is 0.621. The summed E-state index contributed by atoms with van der Waals surface area (Å²) in [5.74, 6) is 2.56. The highest BCUT2D eigenvalue weighted by Crippen LogP contribution is 2.44. The molecule has 7 heteroatoms. The van der Waals surface area contributed by atoms with Gasteiger partial charge in [0.15, 0.2) is 23.1 Å². The number of hydrogen-bond acceptors (Lipinski definition) is 7. The van der Waals surface area contributed by atoms with E-state index in [1.165, 1.54) is 20.2 Å². The van der Waals surface area contributed by atoms with Gasteiger partial charge in [0.1, 0.15) is 5.52 Å². The molecule has 0 fully saturated rings. The van der Waals surface area contributed by atoms with Crippen LogP contribution in [0.4, 0.5) is 0 Å². The summed E-state index contributed by atoms with van der Waals surface area (Å²) in [4.78, 5) is 20.1. The van der Waals surface area contributed by atoms with E-state index < -0.39 is 0 Å². The number of fused-ring (bicyclic) bond motifs is 7. The molecule has 47 heavy (non-hydrogen) atoms. The van der Waals surface area contributed by atoms with Crippen LogP contribution in [0.2, 0.25) is 0 Å². The summed E-state index contributed by atoms with van der Waals surface area (Å²) >= 11 is 3.52. The van der Waals surface area contributed by atoms with Crippen molar-refractivity contribution in [3.8, 4) is 45.6 Å². The Morgan fingerprint density at radius 1 is 0.426 bits per heavy atom. The third-order valence-corrected chi connectivity index (χ3v) is 11.0. The number of rotatable bonds is 4. The van der Waals surface area contributed by atoms with Gasteiger partial charge in [-0.3, -0.25) is 0 Å². The molecule has 0 radical (unpaired) electrons. The molecule has 4 aromatic heterocycles. The van der Waals surface area contributed by atoms with E-state index >= 15 is 0 Å². The molecule has 0 saturated heterocycles. The molecule has 4 heterocycles. The molecule has 0 aliphatic rings. The number of hydrogen-bond donors (Lipinski definition) is 0. The van der Waals surface area contributed by atoms with Crippen molar-refractivity contribution in [3.05, 3.63) is 133 Å². The lowest BCUT2D eigenvalue weighted by molar-refractivity contribution is 0.621. The molecule has 220 valence electrons. The number of para-hydroxylation sites is 2. The SMILES string of the molecule is c1ccc(-c2nc(-c3ccc4c(c3)sc3ccccc34)nc(-c3cccc4c3sc3c(-c5nc6ccccc6o5)cccc34)n2)cc1. The summed E-state index contributed by atoms with van der Waals surface area (Å²) < 4.78 is 10.9. The minimum absolute atomic E-state index is 0.621. The van der Waals surface area contributed by atoms with Gasteiger partial charge in [0.2, 0.25) is 5.89 Å². The Balaban J connectivity index is 1.18. The molecular formula is C40H22N4OS2. The van der Waals surface area contributed by atoms with Crippen molar-refractivity contribution < 1.29 is 4.42 Å². The molecular weight excluding hydrogens is 617 g/mol. The first kappa shape index (κ1) is 26.5. The molecule has 0 spiro atoms. The summed E-state index contributed by atoms with van der Waals surface area (Å²) in [6.07, 6.45) is 0. The van der Waals surface area contributed by atoms with Crippen molar-refractivity contribution in [2.24, 2.45) is 0 Å². The fraction of sp³-hybridized carbons (Fsp3) is 0. The Morgan fingerprint density at radius 3 is 1.94 bits per heavy atom. The van der Waals surface area contributed by atoms with Crippen molar-refractivity contribution in [2.75, 3.05) is 0 Å². The second kappa shape index (κ2) is 10.4. The van der Waals surface area contributed by atoms with Crippen LogP contribution in [0.1, 0.15) is 0 Å². The van der Waals surface area contributed by atoms with Crippen molar-refractivity contribution in [3.63, 3.8) is 0 Å². The summed E-state index contributed by atoms with van der Waals surface area (Å²) in [6.45, 7) is 0. The topological polar surface area (TPSA) is 64.7 Å². The quantitative estimate of drug-likeness (QED) is 0.192. The molecule has 0 N–H and O–H groups in total. The first-order valence-electron chi connectivity index (χ1n) is 15.3. The largest absolute Gasteiger partial charge is 0.436 e. The number of nitrogens with zero attached hydrogens (tertiary/aromatic N) is 4. The van der Waals surface area contributed by atoms with E-state index in [4.69, 9.17) is 24.4 Å². The molecule has 6 aromatic carbocycles. The average molecular weight is 639 g/mol. The zero-order valence-corrected chi connectivity index (χ0v) is 26.3. The predicted octanol–water partition coefficient (Wildman–Crippen LogP) is 11.4. The van der Waals surface area contributed by atoms with Gasteiger partial charge in [-0.25, -0.2) is 19.9 Å². The Hall–Kier alpha value is -5.76. The van der Waals surface area contributed by atoms with Gasteiger partial charge in [0, 0.05) is 57.0 Å². The van der Waals surface area contributed by atoms with Gasteiger partial charge >= 0.3 is 0 Å². The molecule has 10 rings (SSSR count). The van der Waals surface area contributed by atoms with Gasteiger partial charge in [-0.05, 0) is 36.4 Å². The third-order valence-electron chi connectivity index (χ3n) is 8.59. The normalized spacial score (nSPS) is 11.8. The van der Waals surface area contributed by atoms with Crippen LogP contribution in [0.15, 0.2) is 138 Å². The van der Waals surface area contributed by atoms with E-state index in [9.17, 15) is 0 Å². The van der Waals surface area contributed by atoms with Crippen molar-refractivity contribution in [1.29, 1.82) is 0 Å². The summed E-state index contributed by atoms with van der Waals surface area (Å²) in [5.41, 5.74) is 5.48. The number of thiophene rings is 2. The first-order chi connectivity index (χ1) is 23.3. The molecule has 0 aliphatic carbocycles. The maximum Gasteiger partial charge on any atom is 0.228 e. The average Bonchev–Trinajstić information content (AvgIpc) is 3.84. The number of aromatic nitrogens is 4. The highest BCUT2D eigenvalue weighted by molar-refractivity contribution is 7.27. The zero-order chi connectivity index (χ0) is 30.9. The second-order valence-electron chi connectivity index (χ2n) is 11.4. The summed E-state index contributed by atoms with van der Waals surface area (Å²) in [6, 6.07) is 45.8. The van der Waals surface area contributed by atoms with E-state index in [1.807, 2.05) is 54.6 Å². The Morgan fingerprint density at radius 2 is 1.09 bits per heavy atom. The van der Waals surface area contributed by atoms with E-state index in [0.717, 1.165) is 53.5 Å². The monoisotopic (exact) mass is 638 g/mol. The molecule has 0 bridgehead atoms. The number of benzene rings is 6. The lowest BCUT2D eigenvalue weighted by atomic mass is 10.1. The lowest BCUT2D eigenvalue weighted by Crippen LogP contribution is -2.00. The van der Waals surface area contributed by atoms with Crippen molar-refractivity contribution >= 4 is 74.1 Å². The molecule has 0 amide bonds. The summed E-state index contributed by atoms with van der Waals surface area (Å²) in [7, 11) is 0. The number of oxazole rings is 1. The Labute approximate surface area is 276 Å².